The monoisotopic (exact) mass is 1430 g/mol. The van der Waals surface area contributed by atoms with Crippen LogP contribution in [0.5, 0.6) is 28.7 Å². The maximum atomic E-state index is 15.3. The Hall–Kier alpha value is -8.52. The Kier molecular flexibility index (Phi) is 24.7. The summed E-state index contributed by atoms with van der Waals surface area (Å²) < 4.78 is 76.0. The van der Waals surface area contributed by atoms with E-state index < -0.39 is 112 Å². The van der Waals surface area contributed by atoms with Crippen molar-refractivity contribution in [2.24, 2.45) is 5.41 Å². The van der Waals surface area contributed by atoms with Gasteiger partial charge in [0.15, 0.2) is 63.7 Å². The van der Waals surface area contributed by atoms with Crippen LogP contribution in [0.15, 0.2) is 66.7 Å². The highest BCUT2D eigenvalue weighted by Gasteiger charge is 2.57. The molecule has 1 aliphatic carbocycles. The number of nitrogens with zero attached hydrogens (tertiary/aromatic N) is 3. The molecule has 0 aromatic heterocycles. The molecule has 7 atom stereocenters. The fourth-order valence-corrected chi connectivity index (χ4v) is 13.9. The second-order valence-electron chi connectivity index (χ2n) is 28.9. The van der Waals surface area contributed by atoms with Gasteiger partial charge < -0.3 is 76.5 Å². The highest BCUT2D eigenvalue weighted by molar-refractivity contribution is 6.74. The molecule has 2 saturated heterocycles. The Morgan fingerprint density at radius 3 is 1.78 bits per heavy atom. The third kappa shape index (κ3) is 18.7. The molecule has 3 amide bonds. The zero-order valence-corrected chi connectivity index (χ0v) is 62.2. The predicted octanol–water partition coefficient (Wildman–Crippen LogP) is 11.2. The van der Waals surface area contributed by atoms with E-state index in [2.05, 4.69) is 73.0 Å². The summed E-state index contributed by atoms with van der Waals surface area (Å²) in [5, 5.41) is 15.4. The number of unbranched alkanes of at least 4 members (excludes halogenated alkanes) is 2. The average Bonchev–Trinajstić information content (AvgIpc) is 1.43. The smallest absolute Gasteiger partial charge is 0.411 e. The molecule has 4 aromatic rings. The lowest BCUT2D eigenvalue weighted by Gasteiger charge is -2.42. The van der Waals surface area contributed by atoms with Crippen LogP contribution in [0.25, 0.3) is 0 Å². The maximum absolute atomic E-state index is 15.3. The summed E-state index contributed by atoms with van der Waals surface area (Å²) in [6.45, 7) is 26.2. The number of likely N-dealkylation sites (tertiary alicyclic amines) is 1. The van der Waals surface area contributed by atoms with E-state index in [4.69, 9.17) is 66.7 Å². The number of carbonyl (C=O) groups is 7. The Bertz CT molecular complexity index is 3680. The molecule has 3 aliphatic heterocycles. The van der Waals surface area contributed by atoms with Crippen LogP contribution in [0.2, 0.25) is 36.3 Å². The number of rotatable bonds is 28. The molecule has 29 heteroatoms. The second kappa shape index (κ2) is 32.0. The van der Waals surface area contributed by atoms with Crippen LogP contribution >= 0.6 is 0 Å². The number of esters is 4. The van der Waals surface area contributed by atoms with Crippen LogP contribution in [0.1, 0.15) is 138 Å². The molecule has 8 rings (SSSR count). The summed E-state index contributed by atoms with van der Waals surface area (Å²) in [7, 11) is -0.452. The number of nitro benzene ring substituents is 1. The Morgan fingerprint density at radius 1 is 0.670 bits per heavy atom. The minimum atomic E-state index is -2.33. The first-order chi connectivity index (χ1) is 47.0. The number of nitrogens with one attached hydrogen (secondary N) is 1. The maximum Gasteiger partial charge on any atom is 0.411 e. The molecular weight excluding hydrogens is 1330 g/mol. The summed E-state index contributed by atoms with van der Waals surface area (Å²) in [5.41, 5.74) is 8.76. The third-order valence-electron chi connectivity index (χ3n) is 19.6. The number of methoxy groups -OCH3 is 3. The third-order valence-corrected chi connectivity index (χ3v) is 28.6. The number of nitrogens with two attached hydrogens (primary N) is 1. The van der Waals surface area contributed by atoms with Gasteiger partial charge in [-0.15, -0.1) is 0 Å². The van der Waals surface area contributed by atoms with Gasteiger partial charge in [-0.2, -0.15) is 0 Å². The number of nitro groups is 1. The van der Waals surface area contributed by atoms with E-state index in [1.165, 1.54) is 32.4 Å². The van der Waals surface area contributed by atoms with Gasteiger partial charge in [0.25, 0.3) is 11.8 Å². The summed E-state index contributed by atoms with van der Waals surface area (Å²) in [4.78, 5) is 110. The van der Waals surface area contributed by atoms with Crippen LogP contribution in [0.3, 0.4) is 0 Å². The van der Waals surface area contributed by atoms with Crippen molar-refractivity contribution in [3.05, 3.63) is 105 Å². The summed E-state index contributed by atoms with van der Waals surface area (Å²) in [5.74, 6) is -3.96. The highest BCUT2D eigenvalue weighted by Crippen LogP contribution is 2.56. The van der Waals surface area contributed by atoms with Gasteiger partial charge in [-0.1, -0.05) is 71.9 Å². The van der Waals surface area contributed by atoms with Crippen molar-refractivity contribution in [3.8, 4) is 28.7 Å². The van der Waals surface area contributed by atoms with Gasteiger partial charge in [0.05, 0.1) is 81.6 Å². The molecule has 3 heterocycles. The van der Waals surface area contributed by atoms with Gasteiger partial charge in [-0.05, 0) is 122 Å². The minimum absolute atomic E-state index is 0.0106. The lowest BCUT2D eigenvalue weighted by Crippen LogP contribution is -2.64. The molecule has 1 spiro atoms. The van der Waals surface area contributed by atoms with Crippen molar-refractivity contribution in [2.45, 2.75) is 199 Å². The van der Waals surface area contributed by atoms with Gasteiger partial charge in [0, 0.05) is 57.7 Å². The minimum Gasteiger partial charge on any atom is -0.493 e. The number of benzene rings is 4. The number of amides is 3. The van der Waals surface area contributed by atoms with Crippen LogP contribution in [0, 0.1) is 15.5 Å². The molecular formula is C71H97N5O22Si2. The fraction of sp³-hybridized carbons (Fsp3) is 0.563. The Labute approximate surface area is 585 Å². The fourth-order valence-electron chi connectivity index (χ4n) is 11.8. The molecule has 100 heavy (non-hydrogen) atoms. The molecule has 3 fully saturated rings. The standard InChI is InChI=1S/C71H97N5O22Si2/c1-42(77)94-60-61(95-43(2)78)63(96-44(3)79)67(98-62(60)66(82)88-12)97-55-25-24-45(30-54(55)76(84)85)38-91-68(83)73-53-35-59(57(87-11)33-51(53)65(81)74-37-47-23-19-18-22-46(47)31-48(74)39-92-99(13,14)69(4,5)6)90-29-21-17-20-28-89-58-34-52(72)50(32-56(58)86-10)64(80)75-41-71(26-27-71)36-49(75)40-93-100(15,16)70(7,8)9/h18-19,22-25,30,32-35,48-49,60-63,67H,17,20-21,26-29,31,36-41,72H2,1-16H3,(H,73,83)/t48-,49-,60-,61-,62-,63+,67+/m0/s1. The number of anilines is 2. The van der Waals surface area contributed by atoms with Crippen molar-refractivity contribution in [2.75, 3.05) is 65.4 Å². The first-order valence-electron chi connectivity index (χ1n) is 33.5. The molecule has 0 radical (unpaired) electrons. The number of hydrogen-bond donors (Lipinski definition) is 2. The van der Waals surface area contributed by atoms with Gasteiger partial charge >= 0.3 is 35.7 Å². The van der Waals surface area contributed by atoms with E-state index in [1.54, 1.807) is 17.0 Å². The summed E-state index contributed by atoms with van der Waals surface area (Å²) in [6, 6.07) is 17.1. The topological polar surface area (TPSA) is 327 Å². The molecule has 0 unspecified atom stereocenters. The van der Waals surface area contributed by atoms with Crippen LogP contribution in [-0.2, 0) is 76.0 Å². The predicted molar refractivity (Wildman–Crippen MR) is 371 cm³/mol. The number of ether oxygens (including phenoxy) is 11. The Morgan fingerprint density at radius 2 is 1.22 bits per heavy atom. The molecule has 27 nitrogen and oxygen atoms in total. The van der Waals surface area contributed by atoms with Crippen molar-refractivity contribution in [1.82, 2.24) is 9.80 Å². The number of nitrogen functional groups attached to an aromatic ring is 1. The molecule has 0 bridgehead atoms. The van der Waals surface area contributed by atoms with Gasteiger partial charge in [0.1, 0.15) is 6.61 Å². The zero-order valence-electron chi connectivity index (χ0n) is 60.2. The quantitative estimate of drug-likeness (QED) is 0.0101. The molecule has 4 aromatic carbocycles. The van der Waals surface area contributed by atoms with Crippen LogP contribution in [-0.4, -0.2) is 170 Å². The highest BCUT2D eigenvalue weighted by atomic mass is 28.4. The van der Waals surface area contributed by atoms with E-state index in [1.807, 2.05) is 29.2 Å². The number of carbonyl (C=O) groups excluding carboxylic acids is 7. The first kappa shape index (κ1) is 77.2. The second-order valence-corrected chi connectivity index (χ2v) is 38.6. The average molecular weight is 1430 g/mol. The molecule has 546 valence electrons. The van der Waals surface area contributed by atoms with Crippen molar-refractivity contribution in [1.29, 1.82) is 0 Å². The van der Waals surface area contributed by atoms with Gasteiger partial charge in [-0.25, -0.2) is 9.59 Å². The SMILES string of the molecule is COC(=O)[C@H]1O[C@@H](Oc2ccc(COC(=O)Nc3cc(OCCCCCOc4cc(N)c(C(=O)N5CC6(CC6)C[C@H]5CO[Si](C)(C)C(C)(C)C)cc4OC)c(OC)cc3C(=O)N3Cc4ccccc4C[C@H]3CO[Si](C)(C)C(C)(C)C)cc2[N+](=O)[O-])[C@H](OC(C)=O)[C@@H](OC(C)=O)[C@@H]1OC(C)=O. The summed E-state index contributed by atoms with van der Waals surface area (Å²) in [6.07, 6.45) is -4.80. The van der Waals surface area contributed by atoms with Crippen molar-refractivity contribution < 1.29 is 99.4 Å². The molecule has 1 saturated carbocycles. The number of hydrogen-bond acceptors (Lipinski definition) is 23. The van der Waals surface area contributed by atoms with E-state index in [9.17, 15) is 38.9 Å². The van der Waals surface area contributed by atoms with E-state index in [0.29, 0.717) is 55.9 Å². The van der Waals surface area contributed by atoms with Crippen molar-refractivity contribution in [3.63, 3.8) is 0 Å². The van der Waals surface area contributed by atoms with E-state index in [-0.39, 0.29) is 87.8 Å². The first-order valence-corrected chi connectivity index (χ1v) is 39.4. The van der Waals surface area contributed by atoms with Crippen LogP contribution in [0.4, 0.5) is 21.9 Å². The van der Waals surface area contributed by atoms with Crippen LogP contribution < -0.4 is 34.7 Å². The summed E-state index contributed by atoms with van der Waals surface area (Å²) >= 11 is 0. The lowest BCUT2D eigenvalue weighted by atomic mass is 9.93. The Balaban J connectivity index is 0.986. The number of fused-ring (bicyclic) bond motifs is 1. The lowest BCUT2D eigenvalue weighted by molar-refractivity contribution is -0.387. The van der Waals surface area contributed by atoms with Gasteiger partial charge in [0.2, 0.25) is 12.4 Å². The van der Waals surface area contributed by atoms with Crippen molar-refractivity contribution >= 4 is 75.5 Å². The van der Waals surface area contributed by atoms with E-state index >= 15 is 4.79 Å². The normalized spacial score (nSPS) is 20.3. The van der Waals surface area contributed by atoms with Gasteiger partial charge in [-0.3, -0.25) is 39.4 Å². The molecule has 3 N–H and O–H groups in total. The molecule has 4 aliphatic rings. The largest absolute Gasteiger partial charge is 0.493 e. The van der Waals surface area contributed by atoms with E-state index in [0.717, 1.165) is 70.4 Å². The zero-order chi connectivity index (χ0) is 73.4.